The SMILES string of the molecule is CCCCNC(=NCc1ccc(C)cc1)NCC(=O)NCc1ccco1. The molecule has 0 aliphatic carbocycles. The fraction of sp³-hybridized carbons (Fsp3) is 0.400. The van der Waals surface area contributed by atoms with Crippen LogP contribution in [0.2, 0.25) is 0 Å². The number of carbonyl (C=O) groups is 1. The summed E-state index contributed by atoms with van der Waals surface area (Å²) in [6, 6.07) is 11.9. The lowest BCUT2D eigenvalue weighted by atomic mass is 10.1. The maximum absolute atomic E-state index is 12.0. The first-order chi connectivity index (χ1) is 12.7. The summed E-state index contributed by atoms with van der Waals surface area (Å²) in [5.41, 5.74) is 2.36. The van der Waals surface area contributed by atoms with E-state index in [0.717, 1.165) is 30.7 Å². The van der Waals surface area contributed by atoms with Crippen molar-refractivity contribution >= 4 is 11.9 Å². The average molecular weight is 356 g/mol. The molecule has 3 N–H and O–H groups in total. The molecule has 6 heteroatoms. The number of carbonyl (C=O) groups excluding carboxylic acids is 1. The second-order valence-corrected chi connectivity index (χ2v) is 6.14. The number of rotatable bonds is 9. The summed E-state index contributed by atoms with van der Waals surface area (Å²) in [6.45, 7) is 6.13. The molecule has 2 aromatic rings. The maximum atomic E-state index is 12.0. The van der Waals surface area contributed by atoms with Gasteiger partial charge in [-0.3, -0.25) is 4.79 Å². The number of nitrogens with one attached hydrogen (secondary N) is 3. The number of aliphatic imine (C=N–C) groups is 1. The Hall–Kier alpha value is -2.76. The van der Waals surface area contributed by atoms with Crippen LogP contribution in [-0.4, -0.2) is 25.0 Å². The highest BCUT2D eigenvalue weighted by Crippen LogP contribution is 2.04. The molecule has 0 saturated carbocycles. The van der Waals surface area contributed by atoms with Gasteiger partial charge in [-0.25, -0.2) is 4.99 Å². The minimum atomic E-state index is -0.110. The zero-order valence-corrected chi connectivity index (χ0v) is 15.5. The van der Waals surface area contributed by atoms with E-state index in [1.54, 1.807) is 12.3 Å². The summed E-state index contributed by atoms with van der Waals surface area (Å²) < 4.78 is 5.20. The highest BCUT2D eigenvalue weighted by atomic mass is 16.3. The number of hydrogen-bond donors (Lipinski definition) is 3. The molecule has 0 bridgehead atoms. The minimum Gasteiger partial charge on any atom is -0.467 e. The van der Waals surface area contributed by atoms with Crippen molar-refractivity contribution in [3.63, 3.8) is 0 Å². The molecular formula is C20H28N4O2. The van der Waals surface area contributed by atoms with E-state index in [-0.39, 0.29) is 12.5 Å². The number of hydrogen-bond acceptors (Lipinski definition) is 3. The summed E-state index contributed by atoms with van der Waals surface area (Å²) in [6.07, 6.45) is 3.74. The number of furan rings is 1. The Balaban J connectivity index is 1.83. The Labute approximate surface area is 155 Å². The third-order valence-electron chi connectivity index (χ3n) is 3.82. The second-order valence-electron chi connectivity index (χ2n) is 6.14. The number of aryl methyl sites for hydroxylation is 1. The zero-order chi connectivity index (χ0) is 18.6. The van der Waals surface area contributed by atoms with Gasteiger partial charge >= 0.3 is 0 Å². The molecule has 0 aliphatic heterocycles. The van der Waals surface area contributed by atoms with Crippen LogP contribution in [0.5, 0.6) is 0 Å². The Morgan fingerprint density at radius 1 is 1.12 bits per heavy atom. The summed E-state index contributed by atoms with van der Waals surface area (Å²) in [4.78, 5) is 16.6. The molecule has 1 aromatic heterocycles. The fourth-order valence-corrected chi connectivity index (χ4v) is 2.25. The van der Waals surface area contributed by atoms with Crippen LogP contribution in [0.4, 0.5) is 0 Å². The molecule has 0 spiro atoms. The molecule has 1 amide bonds. The van der Waals surface area contributed by atoms with Crippen LogP contribution in [0.25, 0.3) is 0 Å². The first kappa shape index (κ1) is 19.6. The molecule has 1 heterocycles. The topological polar surface area (TPSA) is 78.7 Å². The van der Waals surface area contributed by atoms with Crippen molar-refractivity contribution in [3.05, 3.63) is 59.5 Å². The van der Waals surface area contributed by atoms with Gasteiger partial charge in [0.25, 0.3) is 0 Å². The Morgan fingerprint density at radius 3 is 2.62 bits per heavy atom. The number of nitrogens with zero attached hydrogens (tertiary/aromatic N) is 1. The zero-order valence-electron chi connectivity index (χ0n) is 15.5. The summed E-state index contributed by atoms with van der Waals surface area (Å²) in [5, 5.41) is 9.16. The van der Waals surface area contributed by atoms with Crippen LogP contribution in [-0.2, 0) is 17.9 Å². The quantitative estimate of drug-likeness (QED) is 0.367. The lowest BCUT2D eigenvalue weighted by Crippen LogP contribution is -2.43. The number of amides is 1. The predicted octanol–water partition coefficient (Wildman–Crippen LogP) is 2.74. The van der Waals surface area contributed by atoms with E-state index < -0.39 is 0 Å². The highest BCUT2D eigenvalue weighted by Gasteiger charge is 2.05. The molecular weight excluding hydrogens is 328 g/mol. The molecule has 6 nitrogen and oxygen atoms in total. The molecule has 26 heavy (non-hydrogen) atoms. The van der Waals surface area contributed by atoms with Gasteiger partial charge in [-0.1, -0.05) is 43.2 Å². The normalized spacial score (nSPS) is 11.2. The fourth-order valence-electron chi connectivity index (χ4n) is 2.25. The first-order valence-electron chi connectivity index (χ1n) is 9.04. The van der Waals surface area contributed by atoms with Gasteiger partial charge in [-0.05, 0) is 31.0 Å². The molecule has 0 unspecified atom stereocenters. The number of guanidine groups is 1. The van der Waals surface area contributed by atoms with Gasteiger partial charge in [0.1, 0.15) is 5.76 Å². The summed E-state index contributed by atoms with van der Waals surface area (Å²) >= 11 is 0. The largest absolute Gasteiger partial charge is 0.467 e. The molecule has 0 radical (unpaired) electrons. The summed E-state index contributed by atoms with van der Waals surface area (Å²) in [5.74, 6) is 1.27. The number of benzene rings is 1. The van der Waals surface area contributed by atoms with Crippen molar-refractivity contribution < 1.29 is 9.21 Å². The van der Waals surface area contributed by atoms with Crippen LogP contribution in [0.15, 0.2) is 52.1 Å². The average Bonchev–Trinajstić information content (AvgIpc) is 3.17. The Bertz CT molecular complexity index is 678. The van der Waals surface area contributed by atoms with Crippen molar-refractivity contribution in [1.29, 1.82) is 0 Å². The van der Waals surface area contributed by atoms with E-state index in [9.17, 15) is 4.79 Å². The maximum Gasteiger partial charge on any atom is 0.239 e. The third-order valence-corrected chi connectivity index (χ3v) is 3.82. The molecule has 0 atom stereocenters. The Morgan fingerprint density at radius 2 is 1.92 bits per heavy atom. The van der Waals surface area contributed by atoms with Gasteiger partial charge in [0, 0.05) is 6.54 Å². The highest BCUT2D eigenvalue weighted by molar-refractivity contribution is 5.86. The molecule has 0 fully saturated rings. The van der Waals surface area contributed by atoms with Crippen molar-refractivity contribution in [2.45, 2.75) is 39.8 Å². The van der Waals surface area contributed by atoms with Gasteiger partial charge in [0.05, 0.1) is 25.9 Å². The standard InChI is InChI=1S/C20H28N4O2/c1-3-4-11-21-20(23-13-17-9-7-16(2)8-10-17)24-15-19(25)22-14-18-6-5-12-26-18/h5-10,12H,3-4,11,13-15H2,1-2H3,(H,22,25)(H2,21,23,24). The lowest BCUT2D eigenvalue weighted by Gasteiger charge is -2.12. The molecule has 0 aliphatic rings. The molecule has 2 rings (SSSR count). The smallest absolute Gasteiger partial charge is 0.239 e. The number of unbranched alkanes of at least 4 members (excludes halogenated alkanes) is 1. The van der Waals surface area contributed by atoms with Crippen molar-refractivity contribution in [1.82, 2.24) is 16.0 Å². The Kier molecular flexibility index (Phi) is 8.26. The van der Waals surface area contributed by atoms with Gasteiger partial charge in [0.15, 0.2) is 5.96 Å². The van der Waals surface area contributed by atoms with E-state index in [2.05, 4.69) is 59.1 Å². The van der Waals surface area contributed by atoms with E-state index in [4.69, 9.17) is 4.42 Å². The third kappa shape index (κ3) is 7.42. The second kappa shape index (κ2) is 11.0. The van der Waals surface area contributed by atoms with Crippen LogP contribution in [0, 0.1) is 6.92 Å². The van der Waals surface area contributed by atoms with Crippen molar-refractivity contribution in [2.75, 3.05) is 13.1 Å². The van der Waals surface area contributed by atoms with Crippen molar-refractivity contribution in [3.8, 4) is 0 Å². The van der Waals surface area contributed by atoms with Crippen LogP contribution < -0.4 is 16.0 Å². The lowest BCUT2D eigenvalue weighted by molar-refractivity contribution is -0.120. The van der Waals surface area contributed by atoms with Crippen LogP contribution in [0.3, 0.4) is 0 Å². The molecule has 0 saturated heterocycles. The first-order valence-corrected chi connectivity index (χ1v) is 9.04. The molecule has 1 aromatic carbocycles. The minimum absolute atomic E-state index is 0.110. The van der Waals surface area contributed by atoms with Crippen LogP contribution >= 0.6 is 0 Å². The van der Waals surface area contributed by atoms with Gasteiger partial charge in [-0.2, -0.15) is 0 Å². The van der Waals surface area contributed by atoms with Crippen molar-refractivity contribution in [2.24, 2.45) is 4.99 Å². The predicted molar refractivity (Wildman–Crippen MR) is 104 cm³/mol. The summed E-state index contributed by atoms with van der Waals surface area (Å²) in [7, 11) is 0. The van der Waals surface area contributed by atoms with E-state index in [1.165, 1.54) is 5.56 Å². The van der Waals surface area contributed by atoms with E-state index in [1.807, 2.05) is 6.07 Å². The van der Waals surface area contributed by atoms with E-state index >= 15 is 0 Å². The van der Waals surface area contributed by atoms with Gasteiger partial charge < -0.3 is 20.4 Å². The van der Waals surface area contributed by atoms with Crippen LogP contribution in [0.1, 0.15) is 36.7 Å². The monoisotopic (exact) mass is 356 g/mol. The molecule has 140 valence electrons. The van der Waals surface area contributed by atoms with Gasteiger partial charge in [0.2, 0.25) is 5.91 Å². The van der Waals surface area contributed by atoms with Gasteiger partial charge in [-0.15, -0.1) is 0 Å². The van der Waals surface area contributed by atoms with E-state index in [0.29, 0.717) is 19.0 Å².